The van der Waals surface area contributed by atoms with E-state index in [0.29, 0.717) is 0 Å². The van der Waals surface area contributed by atoms with Gasteiger partial charge in [-0.05, 0) is 12.5 Å². The Bertz CT molecular complexity index is 300. The van der Waals surface area contributed by atoms with Crippen LogP contribution >= 0.6 is 0 Å². The third kappa shape index (κ3) is 2.06. The summed E-state index contributed by atoms with van der Waals surface area (Å²) in [5, 5.41) is 0. The number of rotatable bonds is 4. The van der Waals surface area contributed by atoms with E-state index in [0.717, 1.165) is 0 Å². The van der Waals surface area contributed by atoms with Crippen molar-refractivity contribution < 1.29 is 9.47 Å². The molecule has 0 radical (unpaired) electrons. The zero-order chi connectivity index (χ0) is 11.5. The van der Waals surface area contributed by atoms with E-state index in [9.17, 15) is 0 Å². The molecule has 2 heteroatoms. The topological polar surface area (TPSA) is 18.5 Å². The lowest BCUT2D eigenvalue weighted by Gasteiger charge is -2.42. The first-order chi connectivity index (χ1) is 6.98. The molecule has 0 saturated carbocycles. The van der Waals surface area contributed by atoms with Crippen LogP contribution in [0.2, 0.25) is 0 Å². The fourth-order valence-electron chi connectivity index (χ4n) is 1.71. The van der Waals surface area contributed by atoms with Crippen molar-refractivity contribution in [1.82, 2.24) is 0 Å². The lowest BCUT2D eigenvalue weighted by atomic mass is 9.77. The lowest BCUT2D eigenvalue weighted by Crippen LogP contribution is -2.48. The van der Waals surface area contributed by atoms with Gasteiger partial charge in [0, 0.05) is 19.6 Å². The summed E-state index contributed by atoms with van der Waals surface area (Å²) in [7, 11) is 3.35. The van der Waals surface area contributed by atoms with Crippen LogP contribution in [-0.2, 0) is 14.9 Å². The molecule has 1 aromatic carbocycles. The second-order valence-corrected chi connectivity index (χ2v) is 4.34. The summed E-state index contributed by atoms with van der Waals surface area (Å²) in [6.07, 6.45) is 0. The number of ether oxygens (including phenoxy) is 2. The molecule has 0 amide bonds. The molecule has 0 heterocycles. The Hall–Kier alpha value is -0.860. The van der Waals surface area contributed by atoms with Crippen LogP contribution in [0.4, 0.5) is 0 Å². The van der Waals surface area contributed by atoms with E-state index in [1.807, 2.05) is 25.1 Å². The van der Waals surface area contributed by atoms with Crippen molar-refractivity contribution in [3.05, 3.63) is 35.9 Å². The normalized spacial score (nSPS) is 12.9. The molecule has 1 rings (SSSR count). The lowest BCUT2D eigenvalue weighted by molar-refractivity contribution is -0.231. The second-order valence-electron chi connectivity index (χ2n) is 4.34. The highest BCUT2D eigenvalue weighted by atomic mass is 16.7. The largest absolute Gasteiger partial charge is 0.353 e. The van der Waals surface area contributed by atoms with Gasteiger partial charge in [-0.3, -0.25) is 0 Å². The average molecular weight is 208 g/mol. The minimum Gasteiger partial charge on any atom is -0.353 e. The molecule has 0 aliphatic heterocycles. The van der Waals surface area contributed by atoms with Crippen molar-refractivity contribution in [2.24, 2.45) is 0 Å². The molecule has 0 atom stereocenters. The van der Waals surface area contributed by atoms with E-state index in [4.69, 9.17) is 9.47 Å². The highest BCUT2D eigenvalue weighted by Gasteiger charge is 2.42. The first kappa shape index (κ1) is 12.2. The highest BCUT2D eigenvalue weighted by molar-refractivity contribution is 5.26. The van der Waals surface area contributed by atoms with Crippen LogP contribution in [0.5, 0.6) is 0 Å². The SMILES string of the molecule is COC(C)(OC)C(C)(C)c1ccccc1. The Balaban J connectivity index is 3.12. The van der Waals surface area contributed by atoms with Crippen LogP contribution in [0.15, 0.2) is 30.3 Å². The molecule has 15 heavy (non-hydrogen) atoms. The Morgan fingerprint density at radius 3 is 1.73 bits per heavy atom. The maximum absolute atomic E-state index is 5.48. The molecule has 0 aliphatic rings. The summed E-state index contributed by atoms with van der Waals surface area (Å²) >= 11 is 0. The van der Waals surface area contributed by atoms with Gasteiger partial charge in [-0.2, -0.15) is 0 Å². The molecule has 2 nitrogen and oxygen atoms in total. The minimum absolute atomic E-state index is 0.197. The van der Waals surface area contributed by atoms with Crippen molar-refractivity contribution in [3.63, 3.8) is 0 Å². The van der Waals surface area contributed by atoms with Gasteiger partial charge in [0.2, 0.25) is 0 Å². The van der Waals surface area contributed by atoms with Crippen molar-refractivity contribution in [2.45, 2.75) is 32.0 Å². The molecule has 0 aromatic heterocycles. The summed E-state index contributed by atoms with van der Waals surface area (Å²) in [4.78, 5) is 0. The second kappa shape index (κ2) is 4.33. The Morgan fingerprint density at radius 2 is 1.33 bits per heavy atom. The van der Waals surface area contributed by atoms with Crippen LogP contribution in [-0.4, -0.2) is 20.0 Å². The molecule has 0 N–H and O–H groups in total. The Kier molecular flexibility index (Phi) is 3.53. The molecular formula is C13H20O2. The third-order valence-corrected chi connectivity index (χ3v) is 3.41. The third-order valence-electron chi connectivity index (χ3n) is 3.41. The predicted octanol–water partition coefficient (Wildman–Crippen LogP) is 2.97. The van der Waals surface area contributed by atoms with Crippen LogP contribution < -0.4 is 0 Å². The van der Waals surface area contributed by atoms with Crippen LogP contribution in [0.25, 0.3) is 0 Å². The van der Waals surface area contributed by atoms with E-state index in [1.165, 1.54) is 5.56 Å². The number of benzene rings is 1. The summed E-state index contributed by atoms with van der Waals surface area (Å²) in [6, 6.07) is 10.3. The van der Waals surface area contributed by atoms with Crippen LogP contribution in [0.3, 0.4) is 0 Å². The maximum atomic E-state index is 5.48. The van der Waals surface area contributed by atoms with Gasteiger partial charge in [-0.15, -0.1) is 0 Å². The summed E-state index contributed by atoms with van der Waals surface area (Å²) in [6.45, 7) is 6.20. The first-order valence-electron chi connectivity index (χ1n) is 5.14. The molecule has 0 saturated heterocycles. The van der Waals surface area contributed by atoms with Crippen molar-refractivity contribution in [2.75, 3.05) is 14.2 Å². The van der Waals surface area contributed by atoms with Gasteiger partial charge in [0.25, 0.3) is 0 Å². The average Bonchev–Trinajstić information content (AvgIpc) is 2.29. The maximum Gasteiger partial charge on any atom is 0.173 e. The molecule has 0 spiro atoms. The zero-order valence-electron chi connectivity index (χ0n) is 10.2. The van der Waals surface area contributed by atoms with Gasteiger partial charge in [0.15, 0.2) is 5.79 Å². The highest BCUT2D eigenvalue weighted by Crippen LogP contribution is 2.37. The quantitative estimate of drug-likeness (QED) is 0.708. The predicted molar refractivity (Wildman–Crippen MR) is 61.9 cm³/mol. The van der Waals surface area contributed by atoms with Gasteiger partial charge in [0.05, 0.1) is 0 Å². The molecule has 0 bridgehead atoms. The van der Waals surface area contributed by atoms with Gasteiger partial charge >= 0.3 is 0 Å². The minimum atomic E-state index is -0.617. The zero-order valence-corrected chi connectivity index (χ0v) is 10.2. The number of methoxy groups -OCH3 is 2. The summed E-state index contributed by atoms with van der Waals surface area (Å²) in [5.41, 5.74) is 1.01. The summed E-state index contributed by atoms with van der Waals surface area (Å²) < 4.78 is 11.0. The van der Waals surface area contributed by atoms with Crippen LogP contribution in [0, 0.1) is 0 Å². The monoisotopic (exact) mass is 208 g/mol. The number of hydrogen-bond donors (Lipinski definition) is 0. The van der Waals surface area contributed by atoms with E-state index in [1.54, 1.807) is 14.2 Å². The van der Waals surface area contributed by atoms with Gasteiger partial charge in [0.1, 0.15) is 0 Å². The van der Waals surface area contributed by atoms with E-state index < -0.39 is 5.79 Å². The molecule has 0 fully saturated rings. The molecule has 84 valence electrons. The van der Waals surface area contributed by atoms with E-state index >= 15 is 0 Å². The van der Waals surface area contributed by atoms with Gasteiger partial charge in [-0.25, -0.2) is 0 Å². The molecule has 1 aromatic rings. The Morgan fingerprint density at radius 1 is 0.867 bits per heavy atom. The smallest absolute Gasteiger partial charge is 0.173 e. The van der Waals surface area contributed by atoms with Gasteiger partial charge in [-0.1, -0.05) is 44.2 Å². The van der Waals surface area contributed by atoms with E-state index in [2.05, 4.69) is 26.0 Å². The van der Waals surface area contributed by atoms with Gasteiger partial charge < -0.3 is 9.47 Å². The van der Waals surface area contributed by atoms with Crippen molar-refractivity contribution in [3.8, 4) is 0 Å². The fourth-order valence-corrected chi connectivity index (χ4v) is 1.71. The van der Waals surface area contributed by atoms with E-state index in [-0.39, 0.29) is 5.41 Å². The fraction of sp³-hybridized carbons (Fsp3) is 0.538. The molecular weight excluding hydrogens is 188 g/mol. The summed E-state index contributed by atoms with van der Waals surface area (Å²) in [5.74, 6) is -0.617. The standard InChI is InChI=1S/C13H20O2/c1-12(2,13(3,14-4)15-5)11-9-7-6-8-10-11/h6-10H,1-5H3. The van der Waals surface area contributed by atoms with Crippen LogP contribution in [0.1, 0.15) is 26.3 Å². The number of hydrogen-bond acceptors (Lipinski definition) is 2. The first-order valence-corrected chi connectivity index (χ1v) is 5.14. The van der Waals surface area contributed by atoms with Crippen molar-refractivity contribution in [1.29, 1.82) is 0 Å². The van der Waals surface area contributed by atoms with Crippen molar-refractivity contribution >= 4 is 0 Å². The molecule has 0 aliphatic carbocycles. The Labute approximate surface area is 92.2 Å². The molecule has 0 unspecified atom stereocenters.